The van der Waals surface area contributed by atoms with Gasteiger partial charge in [-0.15, -0.1) is 11.3 Å². The van der Waals surface area contributed by atoms with Gasteiger partial charge in [-0.05, 0) is 37.6 Å². The number of nitrogens with one attached hydrogen (secondary N) is 2. The van der Waals surface area contributed by atoms with Crippen LogP contribution >= 0.6 is 22.9 Å². The highest BCUT2D eigenvalue weighted by Crippen LogP contribution is 2.25. The molecule has 2 heterocycles. The summed E-state index contributed by atoms with van der Waals surface area (Å²) in [5, 5.41) is 4.57. The Bertz CT molecular complexity index is 869. The standard InChI is InChI=1S/C15H14ClN3OS/c1-8-9(2)21-15-13(8)14(20)18-12(19-15)7-17-11-5-3-4-10(16)6-11/h3-6,17H,7H2,1-2H3,(H,18,19,20). The normalized spacial score (nSPS) is 11.0. The van der Waals surface area contributed by atoms with Gasteiger partial charge in [-0.2, -0.15) is 0 Å². The van der Waals surface area contributed by atoms with E-state index in [0.29, 0.717) is 22.8 Å². The molecule has 4 nitrogen and oxygen atoms in total. The number of fused-ring (bicyclic) bond motifs is 1. The van der Waals surface area contributed by atoms with Crippen LogP contribution in [0, 0.1) is 13.8 Å². The van der Waals surface area contributed by atoms with Crippen LogP contribution in [0.1, 0.15) is 16.3 Å². The molecular formula is C15H14ClN3OS. The second-order valence-corrected chi connectivity index (χ2v) is 6.48. The molecule has 2 aromatic heterocycles. The van der Waals surface area contributed by atoms with Gasteiger partial charge in [-0.3, -0.25) is 4.79 Å². The molecule has 21 heavy (non-hydrogen) atoms. The van der Waals surface area contributed by atoms with E-state index in [0.717, 1.165) is 21.0 Å². The van der Waals surface area contributed by atoms with Gasteiger partial charge in [-0.1, -0.05) is 17.7 Å². The molecule has 0 aliphatic carbocycles. The minimum absolute atomic E-state index is 0.0789. The number of thiophene rings is 1. The van der Waals surface area contributed by atoms with E-state index >= 15 is 0 Å². The molecule has 0 bridgehead atoms. The minimum Gasteiger partial charge on any atom is -0.378 e. The first-order valence-electron chi connectivity index (χ1n) is 6.53. The number of H-pyrrole nitrogens is 1. The number of hydrogen-bond acceptors (Lipinski definition) is 4. The molecule has 6 heteroatoms. The first-order chi connectivity index (χ1) is 10.0. The third-order valence-corrected chi connectivity index (χ3v) is 4.71. The summed E-state index contributed by atoms with van der Waals surface area (Å²) < 4.78 is 0. The van der Waals surface area contributed by atoms with E-state index in [4.69, 9.17) is 11.6 Å². The van der Waals surface area contributed by atoms with E-state index in [2.05, 4.69) is 15.3 Å². The smallest absolute Gasteiger partial charge is 0.259 e. The minimum atomic E-state index is -0.0789. The molecule has 2 N–H and O–H groups in total. The lowest BCUT2D eigenvalue weighted by Gasteiger charge is -2.06. The second-order valence-electron chi connectivity index (χ2n) is 4.84. The van der Waals surface area contributed by atoms with Crippen molar-refractivity contribution in [2.75, 3.05) is 5.32 Å². The van der Waals surface area contributed by atoms with Crippen molar-refractivity contribution in [3.8, 4) is 0 Å². The summed E-state index contributed by atoms with van der Waals surface area (Å²) in [6.45, 7) is 4.40. The topological polar surface area (TPSA) is 57.8 Å². The number of anilines is 1. The first kappa shape index (κ1) is 14.1. The summed E-state index contributed by atoms with van der Waals surface area (Å²) in [6.07, 6.45) is 0. The van der Waals surface area contributed by atoms with E-state index in [1.807, 2.05) is 38.1 Å². The highest BCUT2D eigenvalue weighted by molar-refractivity contribution is 7.18. The molecular weight excluding hydrogens is 306 g/mol. The van der Waals surface area contributed by atoms with Gasteiger partial charge in [0.05, 0.1) is 11.9 Å². The molecule has 0 unspecified atom stereocenters. The van der Waals surface area contributed by atoms with E-state index in [-0.39, 0.29) is 5.56 Å². The van der Waals surface area contributed by atoms with Crippen molar-refractivity contribution in [2.24, 2.45) is 0 Å². The van der Waals surface area contributed by atoms with Gasteiger partial charge >= 0.3 is 0 Å². The summed E-state index contributed by atoms with van der Waals surface area (Å²) in [7, 11) is 0. The fourth-order valence-corrected chi connectivity index (χ4v) is 3.41. The first-order valence-corrected chi connectivity index (χ1v) is 7.72. The Balaban J connectivity index is 1.90. The van der Waals surface area contributed by atoms with Gasteiger partial charge in [0.2, 0.25) is 0 Å². The van der Waals surface area contributed by atoms with Crippen LogP contribution in [0.3, 0.4) is 0 Å². The Morgan fingerprint density at radius 1 is 1.38 bits per heavy atom. The Hall–Kier alpha value is -1.85. The monoisotopic (exact) mass is 319 g/mol. The third kappa shape index (κ3) is 2.80. The van der Waals surface area contributed by atoms with Crippen LogP contribution in [-0.2, 0) is 6.54 Å². The maximum atomic E-state index is 12.2. The molecule has 0 aliphatic rings. The maximum Gasteiger partial charge on any atom is 0.259 e. The molecule has 0 fully saturated rings. The predicted molar refractivity (Wildman–Crippen MR) is 88.5 cm³/mol. The lowest BCUT2D eigenvalue weighted by molar-refractivity contribution is 0.956. The van der Waals surface area contributed by atoms with Crippen LogP contribution in [0.5, 0.6) is 0 Å². The fraction of sp³-hybridized carbons (Fsp3) is 0.200. The Morgan fingerprint density at radius 2 is 2.19 bits per heavy atom. The van der Waals surface area contributed by atoms with Crippen molar-refractivity contribution in [3.63, 3.8) is 0 Å². The quantitative estimate of drug-likeness (QED) is 0.770. The zero-order valence-corrected chi connectivity index (χ0v) is 13.2. The van der Waals surface area contributed by atoms with Crippen molar-refractivity contribution >= 4 is 38.8 Å². The number of hydrogen-bond donors (Lipinski definition) is 2. The number of halogens is 1. The van der Waals surface area contributed by atoms with Gasteiger partial charge < -0.3 is 10.3 Å². The van der Waals surface area contributed by atoms with Crippen molar-refractivity contribution in [1.82, 2.24) is 9.97 Å². The predicted octanol–water partition coefficient (Wildman–Crippen LogP) is 3.87. The highest BCUT2D eigenvalue weighted by Gasteiger charge is 2.11. The van der Waals surface area contributed by atoms with Crippen molar-refractivity contribution < 1.29 is 0 Å². The molecule has 0 amide bonds. The molecule has 1 aromatic carbocycles. The molecule has 0 spiro atoms. The number of rotatable bonds is 3. The van der Waals surface area contributed by atoms with E-state index < -0.39 is 0 Å². The van der Waals surface area contributed by atoms with Crippen LogP contribution in [0.25, 0.3) is 10.2 Å². The molecule has 0 atom stereocenters. The number of aryl methyl sites for hydroxylation is 2. The van der Waals surface area contributed by atoms with E-state index in [9.17, 15) is 4.79 Å². The summed E-state index contributed by atoms with van der Waals surface area (Å²) in [5.41, 5.74) is 1.83. The molecule has 0 aliphatic heterocycles. The molecule has 0 saturated heterocycles. The molecule has 3 aromatic rings. The second kappa shape index (κ2) is 5.50. The SMILES string of the molecule is Cc1sc2nc(CNc3cccc(Cl)c3)[nH]c(=O)c2c1C. The van der Waals surface area contributed by atoms with Gasteiger partial charge in [0, 0.05) is 15.6 Å². The van der Waals surface area contributed by atoms with Crippen LogP contribution in [0.15, 0.2) is 29.1 Å². The van der Waals surface area contributed by atoms with Gasteiger partial charge in [0.1, 0.15) is 10.7 Å². The summed E-state index contributed by atoms with van der Waals surface area (Å²) in [6, 6.07) is 7.44. The van der Waals surface area contributed by atoms with Crippen LogP contribution < -0.4 is 10.9 Å². The van der Waals surface area contributed by atoms with Crippen molar-refractivity contribution in [2.45, 2.75) is 20.4 Å². The number of aromatic amines is 1. The highest BCUT2D eigenvalue weighted by atomic mass is 35.5. The van der Waals surface area contributed by atoms with Crippen LogP contribution in [-0.4, -0.2) is 9.97 Å². The zero-order chi connectivity index (χ0) is 15.0. The lowest BCUT2D eigenvalue weighted by Crippen LogP contribution is -2.14. The molecule has 0 saturated carbocycles. The van der Waals surface area contributed by atoms with Crippen LogP contribution in [0.4, 0.5) is 5.69 Å². The largest absolute Gasteiger partial charge is 0.378 e. The third-order valence-electron chi connectivity index (χ3n) is 3.37. The van der Waals surface area contributed by atoms with Gasteiger partial charge in [0.15, 0.2) is 0 Å². The van der Waals surface area contributed by atoms with Crippen molar-refractivity contribution in [1.29, 1.82) is 0 Å². The average Bonchev–Trinajstić information content (AvgIpc) is 2.72. The average molecular weight is 320 g/mol. The Morgan fingerprint density at radius 3 is 2.95 bits per heavy atom. The maximum absolute atomic E-state index is 12.2. The van der Waals surface area contributed by atoms with Crippen LogP contribution in [0.2, 0.25) is 5.02 Å². The molecule has 0 radical (unpaired) electrons. The lowest BCUT2D eigenvalue weighted by atomic mass is 10.2. The van der Waals surface area contributed by atoms with E-state index in [1.54, 1.807) is 11.3 Å². The Labute approximate surface area is 130 Å². The summed E-state index contributed by atoms with van der Waals surface area (Å²) >= 11 is 7.49. The van der Waals surface area contributed by atoms with Crippen molar-refractivity contribution in [3.05, 3.63) is 55.9 Å². The van der Waals surface area contributed by atoms with E-state index in [1.165, 1.54) is 0 Å². The summed E-state index contributed by atoms with van der Waals surface area (Å²) in [4.78, 5) is 21.4. The van der Waals surface area contributed by atoms with Gasteiger partial charge in [0.25, 0.3) is 5.56 Å². The Kier molecular flexibility index (Phi) is 3.69. The molecule has 3 rings (SSSR count). The number of nitrogens with zero attached hydrogens (tertiary/aromatic N) is 1. The number of benzene rings is 1. The fourth-order valence-electron chi connectivity index (χ4n) is 2.17. The van der Waals surface area contributed by atoms with Gasteiger partial charge in [-0.25, -0.2) is 4.98 Å². The number of aromatic nitrogens is 2. The molecule has 108 valence electrons. The zero-order valence-electron chi connectivity index (χ0n) is 11.7. The summed E-state index contributed by atoms with van der Waals surface area (Å²) in [5.74, 6) is 0.619.